The summed E-state index contributed by atoms with van der Waals surface area (Å²) in [5.74, 6) is 0. The summed E-state index contributed by atoms with van der Waals surface area (Å²) in [6.45, 7) is 1.13. The lowest BCUT2D eigenvalue weighted by molar-refractivity contribution is 0.770. The van der Waals surface area contributed by atoms with Gasteiger partial charge in [-0.3, -0.25) is 0 Å². The predicted molar refractivity (Wildman–Crippen MR) is 30.7 cm³/mol. The number of rotatable bonds is 0. The minimum absolute atomic E-state index is 1.13. The Balaban J connectivity index is 2.20. The van der Waals surface area contributed by atoms with Gasteiger partial charge in [-0.2, -0.15) is 0 Å². The molecule has 1 aliphatic heterocycles. The molecule has 0 unspecified atom stereocenters. The lowest BCUT2D eigenvalue weighted by Crippen LogP contribution is -2.03. The van der Waals surface area contributed by atoms with Crippen molar-refractivity contribution in [3.05, 3.63) is 18.7 Å². The summed E-state index contributed by atoms with van der Waals surface area (Å²) in [6, 6.07) is 0. The van der Waals surface area contributed by atoms with E-state index in [9.17, 15) is 0 Å². The molecular weight excluding hydrogens is 86.1 g/mol. The Morgan fingerprint density at radius 2 is 2.43 bits per heavy atom. The molecule has 1 radical (unpaired) electrons. The second-order valence-corrected chi connectivity index (χ2v) is 1.69. The Morgan fingerprint density at radius 3 is 3.43 bits per heavy atom. The molecule has 0 bridgehead atoms. The molecule has 0 amide bonds. The smallest absolute Gasteiger partial charge is 0.0141 e. The molecule has 0 saturated heterocycles. The van der Waals surface area contributed by atoms with Crippen LogP contribution < -0.4 is 5.32 Å². The highest BCUT2D eigenvalue weighted by Gasteiger charge is 1.87. The lowest BCUT2D eigenvalue weighted by Gasteiger charge is -1.90. The Hall–Kier alpha value is -0.460. The molecule has 39 valence electrons. The third kappa shape index (κ3) is 1.62. The Bertz CT molecular complexity index is 58.6. The second kappa shape index (κ2) is 2.67. The van der Waals surface area contributed by atoms with Gasteiger partial charge in [0.15, 0.2) is 0 Å². The van der Waals surface area contributed by atoms with Crippen molar-refractivity contribution in [1.29, 1.82) is 0 Å². The first-order chi connectivity index (χ1) is 3.50. The Kier molecular flexibility index (Phi) is 1.79. The number of hydrogen-bond donors (Lipinski definition) is 1. The topological polar surface area (TPSA) is 12.0 Å². The zero-order valence-electron chi connectivity index (χ0n) is 4.35. The van der Waals surface area contributed by atoms with Gasteiger partial charge in [0.1, 0.15) is 0 Å². The molecule has 1 nitrogen and oxygen atoms in total. The van der Waals surface area contributed by atoms with Gasteiger partial charge in [-0.05, 0) is 25.5 Å². The predicted octanol–water partition coefficient (Wildman–Crippen LogP) is 1.09. The van der Waals surface area contributed by atoms with Crippen molar-refractivity contribution in [2.24, 2.45) is 0 Å². The van der Waals surface area contributed by atoms with Crippen LogP contribution in [0.15, 0.2) is 12.3 Å². The van der Waals surface area contributed by atoms with E-state index in [4.69, 9.17) is 0 Å². The maximum atomic E-state index is 3.14. The maximum Gasteiger partial charge on any atom is 0.0141 e. The molecule has 0 spiro atoms. The van der Waals surface area contributed by atoms with Crippen molar-refractivity contribution < 1.29 is 0 Å². The zero-order valence-corrected chi connectivity index (χ0v) is 4.35. The van der Waals surface area contributed by atoms with Crippen LogP contribution in [0.4, 0.5) is 0 Å². The van der Waals surface area contributed by atoms with E-state index in [1.54, 1.807) is 0 Å². The summed E-state index contributed by atoms with van der Waals surface area (Å²) in [5.41, 5.74) is 0. The van der Waals surface area contributed by atoms with E-state index in [-0.39, 0.29) is 0 Å². The lowest BCUT2D eigenvalue weighted by atomic mass is 10.2. The Morgan fingerprint density at radius 1 is 1.43 bits per heavy atom. The summed E-state index contributed by atoms with van der Waals surface area (Å²) in [7, 11) is 0. The van der Waals surface area contributed by atoms with Crippen LogP contribution in [0, 0.1) is 6.42 Å². The number of allylic oxidation sites excluding steroid dienone is 1. The molecule has 0 fully saturated rings. The molecule has 7 heavy (non-hydrogen) atoms. The van der Waals surface area contributed by atoms with Crippen molar-refractivity contribution >= 4 is 0 Å². The standard InChI is InChI=1S/C6H10N/c1-2-4-6-7-5-3-1/h1,3,5,7H,2,4,6H2. The van der Waals surface area contributed by atoms with Crippen LogP contribution in [0.2, 0.25) is 0 Å². The third-order valence-corrected chi connectivity index (χ3v) is 1.04. The number of hydrogen-bond acceptors (Lipinski definition) is 1. The monoisotopic (exact) mass is 96.1 g/mol. The van der Waals surface area contributed by atoms with E-state index in [1.165, 1.54) is 12.8 Å². The van der Waals surface area contributed by atoms with E-state index in [2.05, 4.69) is 17.8 Å². The van der Waals surface area contributed by atoms with Gasteiger partial charge in [0.05, 0.1) is 0 Å². The quantitative estimate of drug-likeness (QED) is 0.476. The second-order valence-electron chi connectivity index (χ2n) is 1.69. The van der Waals surface area contributed by atoms with Crippen molar-refractivity contribution in [3.8, 4) is 0 Å². The van der Waals surface area contributed by atoms with Gasteiger partial charge in [-0.25, -0.2) is 0 Å². The van der Waals surface area contributed by atoms with Crippen LogP contribution in [0.1, 0.15) is 12.8 Å². The van der Waals surface area contributed by atoms with Crippen LogP contribution in [-0.4, -0.2) is 6.54 Å². The normalized spacial score (nSPS) is 20.6. The van der Waals surface area contributed by atoms with Crippen LogP contribution in [-0.2, 0) is 0 Å². The molecule has 0 saturated carbocycles. The summed E-state index contributed by atoms with van der Waals surface area (Å²) < 4.78 is 0. The van der Waals surface area contributed by atoms with Gasteiger partial charge >= 0.3 is 0 Å². The Labute approximate surface area is 44.4 Å². The molecule has 1 heterocycles. The molecule has 1 heteroatoms. The van der Waals surface area contributed by atoms with Gasteiger partial charge in [-0.15, -0.1) is 0 Å². The molecule has 1 aliphatic rings. The van der Waals surface area contributed by atoms with Crippen LogP contribution in [0.5, 0.6) is 0 Å². The highest BCUT2D eigenvalue weighted by atomic mass is 14.8. The maximum absolute atomic E-state index is 3.14. The van der Waals surface area contributed by atoms with Crippen LogP contribution in [0.3, 0.4) is 0 Å². The molecule has 0 aromatic rings. The van der Waals surface area contributed by atoms with Crippen molar-refractivity contribution in [1.82, 2.24) is 5.32 Å². The van der Waals surface area contributed by atoms with Gasteiger partial charge < -0.3 is 5.32 Å². The average molecular weight is 96.2 g/mol. The summed E-state index contributed by atoms with van der Waals surface area (Å²) in [5, 5.41) is 3.14. The van der Waals surface area contributed by atoms with Crippen molar-refractivity contribution in [2.45, 2.75) is 12.8 Å². The van der Waals surface area contributed by atoms with Crippen molar-refractivity contribution in [2.75, 3.05) is 6.54 Å². The largest absolute Gasteiger partial charge is 0.391 e. The molecule has 0 aromatic carbocycles. The van der Waals surface area contributed by atoms with Gasteiger partial charge in [0.2, 0.25) is 0 Å². The minimum Gasteiger partial charge on any atom is -0.391 e. The van der Waals surface area contributed by atoms with Crippen LogP contribution in [0.25, 0.3) is 0 Å². The zero-order chi connectivity index (χ0) is 4.95. The van der Waals surface area contributed by atoms with E-state index in [1.807, 2.05) is 6.20 Å². The van der Waals surface area contributed by atoms with E-state index >= 15 is 0 Å². The SMILES string of the molecule is [CH]1C=CNCCC1. The van der Waals surface area contributed by atoms with Gasteiger partial charge in [0, 0.05) is 6.54 Å². The highest BCUT2D eigenvalue weighted by molar-refractivity contribution is 4.95. The molecular formula is C6H10N. The molecule has 0 aliphatic carbocycles. The molecule has 0 atom stereocenters. The first kappa shape index (κ1) is 4.69. The van der Waals surface area contributed by atoms with E-state index < -0.39 is 0 Å². The van der Waals surface area contributed by atoms with Gasteiger partial charge in [0.25, 0.3) is 0 Å². The minimum atomic E-state index is 1.13. The molecule has 1 N–H and O–H groups in total. The molecule has 0 aromatic heterocycles. The van der Waals surface area contributed by atoms with E-state index in [0.717, 1.165) is 6.54 Å². The fourth-order valence-corrected chi connectivity index (χ4v) is 0.638. The van der Waals surface area contributed by atoms with Gasteiger partial charge in [-0.1, -0.05) is 6.08 Å². The first-order valence-electron chi connectivity index (χ1n) is 2.72. The van der Waals surface area contributed by atoms with Crippen molar-refractivity contribution in [3.63, 3.8) is 0 Å². The summed E-state index contributed by atoms with van der Waals surface area (Å²) in [4.78, 5) is 0. The summed E-state index contributed by atoms with van der Waals surface area (Å²) in [6.07, 6.45) is 8.73. The highest BCUT2D eigenvalue weighted by Crippen LogP contribution is 1.95. The first-order valence-corrected chi connectivity index (χ1v) is 2.72. The molecule has 1 rings (SSSR count). The third-order valence-electron chi connectivity index (χ3n) is 1.04. The van der Waals surface area contributed by atoms with Crippen LogP contribution >= 0.6 is 0 Å². The fraction of sp³-hybridized carbons (Fsp3) is 0.500. The summed E-state index contributed by atoms with van der Waals surface area (Å²) >= 11 is 0. The fourth-order valence-electron chi connectivity index (χ4n) is 0.638. The van der Waals surface area contributed by atoms with E-state index in [0.29, 0.717) is 0 Å². The number of nitrogens with one attached hydrogen (secondary N) is 1. The average Bonchev–Trinajstić information content (AvgIpc) is 1.90.